The molecule has 0 fully saturated rings. The normalized spacial score (nSPS) is 11.5. The molecule has 2 N–H and O–H groups in total. The number of para-hydroxylation sites is 1. The van der Waals surface area contributed by atoms with E-state index in [1.807, 2.05) is 12.1 Å². The summed E-state index contributed by atoms with van der Waals surface area (Å²) in [7, 11) is 3.14. The van der Waals surface area contributed by atoms with Crippen molar-refractivity contribution in [3.8, 4) is 11.5 Å². The lowest BCUT2D eigenvalue weighted by Gasteiger charge is -2.19. The van der Waals surface area contributed by atoms with Gasteiger partial charge in [-0.3, -0.25) is 4.79 Å². The van der Waals surface area contributed by atoms with E-state index in [4.69, 9.17) is 9.47 Å². The highest BCUT2D eigenvalue weighted by Gasteiger charge is 2.22. The van der Waals surface area contributed by atoms with Crippen molar-refractivity contribution in [1.82, 2.24) is 10.3 Å². The molecular weight excluding hydrogens is 352 g/mol. The Balaban J connectivity index is 1.76. The lowest BCUT2D eigenvalue weighted by Crippen LogP contribution is -2.26. The van der Waals surface area contributed by atoms with Gasteiger partial charge in [0.15, 0.2) is 11.5 Å². The van der Waals surface area contributed by atoms with Crippen LogP contribution in [0.25, 0.3) is 10.9 Å². The molecule has 0 unspecified atom stereocenters. The van der Waals surface area contributed by atoms with Gasteiger partial charge >= 0.3 is 0 Å². The molecule has 0 aliphatic rings. The van der Waals surface area contributed by atoms with E-state index in [0.29, 0.717) is 23.6 Å². The van der Waals surface area contributed by atoms with E-state index < -0.39 is 0 Å². The van der Waals surface area contributed by atoms with Crippen LogP contribution in [0.5, 0.6) is 11.5 Å². The number of hydrogen-bond acceptors (Lipinski definition) is 3. The van der Waals surface area contributed by atoms with Gasteiger partial charge in [0.2, 0.25) is 0 Å². The smallest absolute Gasteiger partial charge is 0.251 e. The Labute approximate surface area is 166 Å². The van der Waals surface area contributed by atoms with Crippen LogP contribution in [-0.4, -0.2) is 31.7 Å². The molecule has 0 saturated carbocycles. The van der Waals surface area contributed by atoms with Crippen LogP contribution in [0, 0.1) is 0 Å². The van der Waals surface area contributed by atoms with Crippen LogP contribution in [-0.2, 0) is 11.8 Å². The van der Waals surface area contributed by atoms with Crippen LogP contribution in [0.4, 0.5) is 0 Å². The molecule has 0 atom stereocenters. The number of fused-ring (bicyclic) bond motifs is 1. The van der Waals surface area contributed by atoms with E-state index in [1.165, 1.54) is 16.6 Å². The predicted octanol–water partition coefficient (Wildman–Crippen LogP) is 4.46. The predicted molar refractivity (Wildman–Crippen MR) is 113 cm³/mol. The van der Waals surface area contributed by atoms with Crippen molar-refractivity contribution < 1.29 is 14.3 Å². The third-order valence-corrected chi connectivity index (χ3v) is 4.87. The van der Waals surface area contributed by atoms with Crippen LogP contribution in [0.1, 0.15) is 42.4 Å². The average Bonchev–Trinajstić information content (AvgIpc) is 3.06. The highest BCUT2D eigenvalue weighted by atomic mass is 16.5. The Morgan fingerprint density at radius 1 is 1.04 bits per heavy atom. The van der Waals surface area contributed by atoms with Crippen LogP contribution < -0.4 is 14.8 Å². The van der Waals surface area contributed by atoms with E-state index in [0.717, 1.165) is 11.9 Å². The van der Waals surface area contributed by atoms with Gasteiger partial charge in [0, 0.05) is 34.1 Å². The number of benzene rings is 2. The van der Waals surface area contributed by atoms with Crippen molar-refractivity contribution in [2.24, 2.45) is 0 Å². The van der Waals surface area contributed by atoms with E-state index in [1.54, 1.807) is 32.4 Å². The molecule has 148 valence electrons. The van der Waals surface area contributed by atoms with Gasteiger partial charge in [0.1, 0.15) is 0 Å². The molecule has 0 saturated heterocycles. The van der Waals surface area contributed by atoms with E-state index in [-0.39, 0.29) is 11.3 Å². The molecule has 0 aliphatic carbocycles. The Morgan fingerprint density at radius 2 is 1.75 bits per heavy atom. The fraction of sp³-hybridized carbons (Fsp3) is 0.348. The van der Waals surface area contributed by atoms with Crippen LogP contribution in [0.3, 0.4) is 0 Å². The molecule has 0 radical (unpaired) electrons. The second-order valence-electron chi connectivity index (χ2n) is 7.85. The number of carbonyl (C=O) groups excluding carboxylic acids is 1. The Morgan fingerprint density at radius 3 is 2.43 bits per heavy atom. The quantitative estimate of drug-likeness (QED) is 0.664. The monoisotopic (exact) mass is 380 g/mol. The molecule has 1 aromatic heterocycles. The fourth-order valence-corrected chi connectivity index (χ4v) is 3.48. The van der Waals surface area contributed by atoms with E-state index in [2.05, 4.69) is 43.2 Å². The standard InChI is InChI=1S/C23H28N2O3/c1-23(2,3)21-17(16-8-6-7-9-18(16)25-21)12-13-24-22(26)15-10-11-19(27-4)20(14-15)28-5/h6-11,14,25H,12-13H2,1-5H3,(H,24,26). The summed E-state index contributed by atoms with van der Waals surface area (Å²) in [5.74, 6) is 1.02. The molecular formula is C23H28N2O3. The third-order valence-electron chi connectivity index (χ3n) is 4.87. The number of aromatic nitrogens is 1. The van der Waals surface area contributed by atoms with Gasteiger partial charge in [0.25, 0.3) is 5.91 Å². The molecule has 0 bridgehead atoms. The van der Waals surface area contributed by atoms with Gasteiger partial charge in [-0.15, -0.1) is 0 Å². The number of aromatic amines is 1. The van der Waals surface area contributed by atoms with Gasteiger partial charge < -0.3 is 19.8 Å². The first-order valence-corrected chi connectivity index (χ1v) is 9.45. The van der Waals surface area contributed by atoms with Crippen molar-refractivity contribution >= 4 is 16.8 Å². The zero-order valence-electron chi connectivity index (χ0n) is 17.2. The summed E-state index contributed by atoms with van der Waals surface area (Å²) in [4.78, 5) is 16.1. The van der Waals surface area contributed by atoms with Crippen molar-refractivity contribution in [1.29, 1.82) is 0 Å². The number of methoxy groups -OCH3 is 2. The molecule has 3 aromatic rings. The second-order valence-corrected chi connectivity index (χ2v) is 7.85. The lowest BCUT2D eigenvalue weighted by atomic mass is 9.88. The van der Waals surface area contributed by atoms with E-state index in [9.17, 15) is 4.79 Å². The van der Waals surface area contributed by atoms with Gasteiger partial charge in [-0.1, -0.05) is 39.0 Å². The molecule has 3 rings (SSSR count). The Bertz CT molecular complexity index is 983. The van der Waals surface area contributed by atoms with Gasteiger partial charge in [-0.25, -0.2) is 0 Å². The number of rotatable bonds is 6. The fourth-order valence-electron chi connectivity index (χ4n) is 3.48. The number of ether oxygens (including phenoxy) is 2. The molecule has 0 spiro atoms. The molecule has 0 aliphatic heterocycles. The van der Waals surface area contributed by atoms with Crippen molar-refractivity contribution in [3.05, 3.63) is 59.3 Å². The summed E-state index contributed by atoms with van der Waals surface area (Å²) < 4.78 is 10.5. The first-order chi connectivity index (χ1) is 13.3. The first-order valence-electron chi connectivity index (χ1n) is 9.45. The van der Waals surface area contributed by atoms with Crippen LogP contribution >= 0.6 is 0 Å². The van der Waals surface area contributed by atoms with Crippen molar-refractivity contribution in [2.75, 3.05) is 20.8 Å². The first kappa shape index (κ1) is 19.8. The maximum absolute atomic E-state index is 12.6. The van der Waals surface area contributed by atoms with Gasteiger partial charge in [-0.05, 0) is 36.2 Å². The topological polar surface area (TPSA) is 63.3 Å². The summed E-state index contributed by atoms with van der Waals surface area (Å²) in [5, 5.41) is 4.24. The SMILES string of the molecule is COc1ccc(C(=O)NCCc2c(C(C)(C)C)[nH]c3ccccc23)cc1OC. The number of carbonyl (C=O) groups is 1. The number of nitrogens with one attached hydrogen (secondary N) is 2. The minimum absolute atomic E-state index is 0.00170. The minimum atomic E-state index is -0.127. The molecule has 5 heteroatoms. The molecule has 2 aromatic carbocycles. The maximum Gasteiger partial charge on any atom is 0.251 e. The zero-order valence-corrected chi connectivity index (χ0v) is 17.2. The highest BCUT2D eigenvalue weighted by molar-refractivity contribution is 5.95. The summed E-state index contributed by atoms with van der Waals surface area (Å²) in [6.45, 7) is 7.15. The summed E-state index contributed by atoms with van der Waals surface area (Å²) >= 11 is 0. The summed E-state index contributed by atoms with van der Waals surface area (Å²) in [6.07, 6.45) is 0.760. The number of hydrogen-bond donors (Lipinski definition) is 2. The summed E-state index contributed by atoms with van der Waals surface area (Å²) in [6, 6.07) is 13.5. The molecule has 5 nitrogen and oxygen atoms in total. The molecule has 1 heterocycles. The largest absolute Gasteiger partial charge is 0.493 e. The molecule has 28 heavy (non-hydrogen) atoms. The molecule has 1 amide bonds. The van der Waals surface area contributed by atoms with Crippen LogP contribution in [0.15, 0.2) is 42.5 Å². The van der Waals surface area contributed by atoms with Crippen molar-refractivity contribution in [2.45, 2.75) is 32.6 Å². The van der Waals surface area contributed by atoms with Gasteiger partial charge in [0.05, 0.1) is 14.2 Å². The number of H-pyrrole nitrogens is 1. The summed E-state index contributed by atoms with van der Waals surface area (Å²) in [5.41, 5.74) is 4.16. The third kappa shape index (κ3) is 3.98. The Hall–Kier alpha value is -2.95. The zero-order chi connectivity index (χ0) is 20.3. The van der Waals surface area contributed by atoms with E-state index >= 15 is 0 Å². The van der Waals surface area contributed by atoms with Crippen molar-refractivity contribution in [3.63, 3.8) is 0 Å². The Kier molecular flexibility index (Phi) is 5.63. The minimum Gasteiger partial charge on any atom is -0.493 e. The maximum atomic E-state index is 12.6. The average molecular weight is 380 g/mol. The van der Waals surface area contributed by atoms with Crippen LogP contribution in [0.2, 0.25) is 0 Å². The second kappa shape index (κ2) is 7.97. The lowest BCUT2D eigenvalue weighted by molar-refractivity contribution is 0.0953. The highest BCUT2D eigenvalue weighted by Crippen LogP contribution is 2.31. The number of amides is 1. The van der Waals surface area contributed by atoms with Gasteiger partial charge in [-0.2, -0.15) is 0 Å².